The number of fused-ring (bicyclic) bond motifs is 5. The average Bonchev–Trinajstić information content (AvgIpc) is 3.09. The molecule has 0 aromatic heterocycles. The summed E-state index contributed by atoms with van der Waals surface area (Å²) in [7, 11) is 0. The maximum atomic E-state index is 14.0. The van der Waals surface area contributed by atoms with E-state index < -0.39 is 0 Å². The van der Waals surface area contributed by atoms with Crippen LogP contribution >= 0.6 is 0 Å². The highest BCUT2D eigenvalue weighted by Gasteiger charge is 2.65. The van der Waals surface area contributed by atoms with Gasteiger partial charge in [-0.05, 0) is 81.0 Å². The molecule has 0 amide bonds. The van der Waals surface area contributed by atoms with Gasteiger partial charge in [0.2, 0.25) is 0 Å². The van der Waals surface area contributed by atoms with Gasteiger partial charge in [0, 0.05) is 37.4 Å². The van der Waals surface area contributed by atoms with Gasteiger partial charge in [-0.15, -0.1) is 0 Å². The maximum Gasteiger partial charge on any atom is 0.150 e. The van der Waals surface area contributed by atoms with Crippen LogP contribution in [0.1, 0.15) is 79.1 Å². The Labute approximate surface area is 204 Å². The Kier molecular flexibility index (Phi) is 6.02. The lowest BCUT2D eigenvalue weighted by atomic mass is 9.43. The van der Waals surface area contributed by atoms with Crippen molar-refractivity contribution in [3.05, 3.63) is 0 Å². The van der Waals surface area contributed by atoms with Gasteiger partial charge < -0.3 is 9.84 Å². The molecule has 5 fully saturated rings. The number of Topliss-reactive ketones (excluding diaryl/α,β-unsaturated/α-hetero) is 2. The van der Waals surface area contributed by atoms with Crippen LogP contribution < -0.4 is 0 Å². The number of nitriles is 1. The Morgan fingerprint density at radius 2 is 1.94 bits per heavy atom. The Balaban J connectivity index is 1.42. The molecule has 6 heteroatoms. The van der Waals surface area contributed by atoms with Crippen LogP contribution in [0.3, 0.4) is 0 Å². The number of aliphatic hydroxyl groups is 1. The van der Waals surface area contributed by atoms with E-state index in [0.29, 0.717) is 36.6 Å². The van der Waals surface area contributed by atoms with Crippen molar-refractivity contribution in [2.45, 2.75) is 96.8 Å². The molecule has 6 nitrogen and oxygen atoms in total. The number of carbonyl (C=O) groups is 2. The minimum absolute atomic E-state index is 0.0261. The van der Waals surface area contributed by atoms with Gasteiger partial charge in [0.15, 0.2) is 5.78 Å². The minimum atomic E-state index is -0.355. The maximum absolute atomic E-state index is 14.0. The third-order valence-electron chi connectivity index (χ3n) is 10.9. The summed E-state index contributed by atoms with van der Waals surface area (Å²) in [6, 6.07) is 2.11. The van der Waals surface area contributed by atoms with E-state index in [2.05, 4.69) is 32.6 Å². The van der Waals surface area contributed by atoms with Gasteiger partial charge >= 0.3 is 0 Å². The molecule has 5 aliphatic rings. The van der Waals surface area contributed by atoms with Crippen molar-refractivity contribution in [3.63, 3.8) is 0 Å². The van der Waals surface area contributed by atoms with Crippen LogP contribution in [0.25, 0.3) is 0 Å². The monoisotopic (exact) mass is 470 g/mol. The van der Waals surface area contributed by atoms with Crippen LogP contribution in [0, 0.1) is 51.8 Å². The SMILES string of the molecule is CC1(C)CN([C@H]2C[C@@]3(C)[C@@H](CC[C@H]4[C@@H]5CC[C@H](C(=O)CC#N)[C@@]5(C)CC(=O)[C@@H]43)C[C@@H]2O)CCO1. The molecule has 0 radical (unpaired) electrons. The Bertz CT molecular complexity index is 895. The summed E-state index contributed by atoms with van der Waals surface area (Å²) in [6.45, 7) is 11.1. The molecule has 1 saturated heterocycles. The van der Waals surface area contributed by atoms with Crippen molar-refractivity contribution in [1.29, 1.82) is 5.26 Å². The Hall–Kier alpha value is -1.29. The first-order chi connectivity index (χ1) is 16.0. The second-order valence-electron chi connectivity index (χ2n) is 13.3. The van der Waals surface area contributed by atoms with Crippen LogP contribution in [-0.4, -0.2) is 59.0 Å². The van der Waals surface area contributed by atoms with Gasteiger partial charge in [0.05, 0.1) is 30.8 Å². The molecule has 5 rings (SSSR count). The lowest BCUT2D eigenvalue weighted by molar-refractivity contribution is -0.177. The fourth-order valence-corrected chi connectivity index (χ4v) is 9.53. The van der Waals surface area contributed by atoms with Gasteiger partial charge in [0.1, 0.15) is 5.78 Å². The first-order valence-corrected chi connectivity index (χ1v) is 13.5. The molecule has 9 atom stereocenters. The van der Waals surface area contributed by atoms with E-state index in [1.54, 1.807) is 0 Å². The zero-order chi connectivity index (χ0) is 24.5. The molecule has 1 aliphatic heterocycles. The number of ether oxygens (including phenoxy) is 1. The molecular weight excluding hydrogens is 428 g/mol. The van der Waals surface area contributed by atoms with Crippen LogP contribution in [-0.2, 0) is 14.3 Å². The smallest absolute Gasteiger partial charge is 0.150 e. The van der Waals surface area contributed by atoms with E-state index >= 15 is 0 Å². The second kappa shape index (κ2) is 8.39. The van der Waals surface area contributed by atoms with Crippen molar-refractivity contribution < 1.29 is 19.4 Å². The zero-order valence-electron chi connectivity index (χ0n) is 21.4. The number of hydrogen-bond acceptors (Lipinski definition) is 6. The van der Waals surface area contributed by atoms with Gasteiger partial charge in [-0.1, -0.05) is 13.8 Å². The highest BCUT2D eigenvalue weighted by molar-refractivity contribution is 5.88. The number of rotatable bonds is 3. The number of hydrogen-bond donors (Lipinski definition) is 1. The average molecular weight is 471 g/mol. The summed E-state index contributed by atoms with van der Waals surface area (Å²) in [5.74, 6) is 1.33. The lowest BCUT2D eigenvalue weighted by Gasteiger charge is -2.62. The fourth-order valence-electron chi connectivity index (χ4n) is 9.53. The number of morpholine rings is 1. The molecule has 4 aliphatic carbocycles. The predicted molar refractivity (Wildman–Crippen MR) is 128 cm³/mol. The molecule has 0 aromatic rings. The first kappa shape index (κ1) is 24.4. The van der Waals surface area contributed by atoms with Gasteiger partial charge in [-0.25, -0.2) is 0 Å². The standard InChI is InChI=1S/C28H42N2O4/c1-26(2)16-30(11-12-34-26)21-14-27(3)17(13-23(21)32)5-6-18-19-7-8-20(22(31)9-10-29)28(19,4)15-24(33)25(18)27/h17-21,23,25,32H,5-9,11-16H2,1-4H3/t17-,18-,19-,20+,21-,23-,25+,27-,28-/m0/s1. The number of nitrogens with zero attached hydrogens (tertiary/aromatic N) is 2. The van der Waals surface area contributed by atoms with Gasteiger partial charge in [-0.2, -0.15) is 5.26 Å². The molecule has 4 saturated carbocycles. The fraction of sp³-hybridized carbons (Fsp3) is 0.893. The summed E-state index contributed by atoms with van der Waals surface area (Å²) in [6.07, 6.45) is 5.63. The molecule has 0 spiro atoms. The van der Waals surface area contributed by atoms with Crippen molar-refractivity contribution in [1.82, 2.24) is 4.90 Å². The normalized spacial score (nSPS) is 48.4. The van der Waals surface area contributed by atoms with Crippen molar-refractivity contribution >= 4 is 11.6 Å². The molecular formula is C28H42N2O4. The van der Waals surface area contributed by atoms with Gasteiger partial charge in [-0.3, -0.25) is 14.5 Å². The topological polar surface area (TPSA) is 90.6 Å². The molecule has 188 valence electrons. The summed E-state index contributed by atoms with van der Waals surface area (Å²) in [5.41, 5.74) is -0.623. The molecule has 1 N–H and O–H groups in total. The van der Waals surface area contributed by atoms with Crippen LogP contribution in [0.2, 0.25) is 0 Å². The molecule has 34 heavy (non-hydrogen) atoms. The Morgan fingerprint density at radius 3 is 2.65 bits per heavy atom. The number of aliphatic hydroxyl groups excluding tert-OH is 1. The van der Waals surface area contributed by atoms with E-state index in [-0.39, 0.29) is 52.6 Å². The summed E-state index contributed by atoms with van der Waals surface area (Å²) >= 11 is 0. The van der Waals surface area contributed by atoms with E-state index in [1.165, 1.54) is 0 Å². The molecule has 0 bridgehead atoms. The van der Waals surface area contributed by atoms with E-state index in [1.807, 2.05) is 6.07 Å². The van der Waals surface area contributed by atoms with E-state index in [0.717, 1.165) is 51.6 Å². The van der Waals surface area contributed by atoms with Crippen molar-refractivity contribution in [2.24, 2.45) is 40.4 Å². The highest BCUT2D eigenvalue weighted by Crippen LogP contribution is 2.66. The number of carbonyl (C=O) groups excluding carboxylic acids is 2. The largest absolute Gasteiger partial charge is 0.391 e. The summed E-state index contributed by atoms with van der Waals surface area (Å²) < 4.78 is 5.94. The zero-order valence-corrected chi connectivity index (χ0v) is 21.4. The van der Waals surface area contributed by atoms with E-state index in [4.69, 9.17) is 10.00 Å². The third-order valence-corrected chi connectivity index (χ3v) is 10.9. The van der Waals surface area contributed by atoms with Crippen LogP contribution in [0.4, 0.5) is 0 Å². The third kappa shape index (κ3) is 3.69. The minimum Gasteiger partial charge on any atom is -0.391 e. The lowest BCUT2D eigenvalue weighted by Crippen LogP contribution is -2.64. The van der Waals surface area contributed by atoms with Crippen molar-refractivity contribution in [3.8, 4) is 6.07 Å². The molecule has 1 heterocycles. The Morgan fingerprint density at radius 1 is 1.18 bits per heavy atom. The van der Waals surface area contributed by atoms with Crippen LogP contribution in [0.15, 0.2) is 0 Å². The van der Waals surface area contributed by atoms with Crippen molar-refractivity contribution in [2.75, 3.05) is 19.7 Å². The van der Waals surface area contributed by atoms with E-state index in [9.17, 15) is 14.7 Å². The number of ketones is 2. The first-order valence-electron chi connectivity index (χ1n) is 13.5. The predicted octanol–water partition coefficient (Wildman–Crippen LogP) is 3.76. The summed E-state index contributed by atoms with van der Waals surface area (Å²) in [4.78, 5) is 29.2. The van der Waals surface area contributed by atoms with Crippen LogP contribution in [0.5, 0.6) is 0 Å². The quantitative estimate of drug-likeness (QED) is 0.675. The van der Waals surface area contributed by atoms with Gasteiger partial charge in [0.25, 0.3) is 0 Å². The second-order valence-corrected chi connectivity index (χ2v) is 13.3. The highest BCUT2D eigenvalue weighted by atomic mass is 16.5. The molecule has 0 unspecified atom stereocenters. The summed E-state index contributed by atoms with van der Waals surface area (Å²) in [5, 5.41) is 20.3. The molecule has 0 aromatic carbocycles.